The maximum atomic E-state index is 13.1. The van der Waals surface area contributed by atoms with Gasteiger partial charge in [0.15, 0.2) is 5.11 Å². The number of rotatable bonds is 4. The molecular weight excluding hydrogens is 435 g/mol. The van der Waals surface area contributed by atoms with Crippen LogP contribution >= 0.6 is 12.2 Å². The fourth-order valence-corrected chi connectivity index (χ4v) is 5.10. The van der Waals surface area contributed by atoms with Crippen LogP contribution in [0.1, 0.15) is 19.3 Å². The number of esters is 1. The lowest BCUT2D eigenvalue weighted by atomic mass is 9.76. The van der Waals surface area contributed by atoms with Crippen molar-refractivity contribution in [2.24, 2.45) is 11.8 Å². The van der Waals surface area contributed by atoms with Crippen LogP contribution in [0.2, 0.25) is 0 Å². The Labute approximate surface area is 191 Å². The molecule has 1 aromatic carbocycles. The van der Waals surface area contributed by atoms with E-state index in [9.17, 15) is 18.8 Å². The third-order valence-corrected chi connectivity index (χ3v) is 6.98. The van der Waals surface area contributed by atoms with Crippen LogP contribution in [0.15, 0.2) is 24.3 Å². The number of benzene rings is 1. The molecule has 32 heavy (non-hydrogen) atoms. The van der Waals surface area contributed by atoms with Gasteiger partial charge in [0.25, 0.3) is 0 Å². The highest BCUT2D eigenvalue weighted by atomic mass is 32.1. The molecule has 172 valence electrons. The first-order valence-corrected chi connectivity index (χ1v) is 11.3. The molecule has 1 N–H and O–H groups in total. The van der Waals surface area contributed by atoms with E-state index in [0.29, 0.717) is 45.4 Å². The quantitative estimate of drug-likeness (QED) is 0.531. The predicted molar refractivity (Wildman–Crippen MR) is 119 cm³/mol. The molecule has 8 nitrogen and oxygen atoms in total. The minimum atomic E-state index is -0.300. The molecule has 3 atom stereocenters. The van der Waals surface area contributed by atoms with Crippen LogP contribution in [0.5, 0.6) is 0 Å². The number of nitrogens with one attached hydrogen (secondary N) is 1. The molecule has 1 aliphatic carbocycles. The largest absolute Gasteiger partial charge is 0.469 e. The molecule has 4 rings (SSSR count). The lowest BCUT2D eigenvalue weighted by Gasteiger charge is -2.43. The Hall–Kier alpha value is -2.75. The van der Waals surface area contributed by atoms with Gasteiger partial charge in [-0.25, -0.2) is 4.39 Å². The fraction of sp³-hybridized carbons (Fsp3) is 0.545. The van der Waals surface area contributed by atoms with Gasteiger partial charge in [-0.05, 0) is 55.7 Å². The van der Waals surface area contributed by atoms with E-state index in [-0.39, 0.29) is 53.1 Å². The Bertz CT molecular complexity index is 904. The zero-order valence-corrected chi connectivity index (χ0v) is 18.8. The summed E-state index contributed by atoms with van der Waals surface area (Å²) in [6.07, 6.45) is 1.64. The third kappa shape index (κ3) is 4.55. The summed E-state index contributed by atoms with van der Waals surface area (Å²) < 4.78 is 18.0. The number of ether oxygens (including phenoxy) is 1. The van der Waals surface area contributed by atoms with Crippen LogP contribution in [0.3, 0.4) is 0 Å². The van der Waals surface area contributed by atoms with Crippen LogP contribution in [0.25, 0.3) is 0 Å². The average molecular weight is 463 g/mol. The number of hydrogen-bond donors (Lipinski definition) is 1. The number of thiocarbonyl (C=S) groups is 1. The van der Waals surface area contributed by atoms with Crippen LogP contribution in [-0.2, 0) is 19.1 Å². The maximum Gasteiger partial charge on any atom is 0.308 e. The monoisotopic (exact) mass is 462 g/mol. The molecular formula is C22H27FN4O4S. The van der Waals surface area contributed by atoms with Crippen molar-refractivity contribution >= 4 is 40.8 Å². The van der Waals surface area contributed by atoms with Crippen molar-refractivity contribution < 1.29 is 23.5 Å². The molecule has 3 unspecified atom stereocenters. The summed E-state index contributed by atoms with van der Waals surface area (Å²) in [6, 6.07) is 6.10. The lowest BCUT2D eigenvalue weighted by Crippen LogP contribution is -2.63. The smallest absolute Gasteiger partial charge is 0.308 e. The van der Waals surface area contributed by atoms with Crippen molar-refractivity contribution in [2.75, 3.05) is 44.7 Å². The summed E-state index contributed by atoms with van der Waals surface area (Å²) in [5.41, 5.74) is 0.920. The number of amides is 2. The number of carbonyl (C=O) groups is 3. The molecule has 2 heterocycles. The second kappa shape index (κ2) is 9.40. The number of halogens is 1. The predicted octanol–water partition coefficient (Wildman–Crippen LogP) is 1.15. The molecule has 2 saturated heterocycles. The minimum absolute atomic E-state index is 0.0924. The van der Waals surface area contributed by atoms with Gasteiger partial charge in [0.2, 0.25) is 11.8 Å². The Morgan fingerprint density at radius 1 is 1.16 bits per heavy atom. The molecule has 0 spiro atoms. The van der Waals surface area contributed by atoms with Crippen molar-refractivity contribution in [3.05, 3.63) is 30.1 Å². The van der Waals surface area contributed by atoms with E-state index in [2.05, 4.69) is 10.2 Å². The fourth-order valence-electron chi connectivity index (χ4n) is 4.79. The van der Waals surface area contributed by atoms with Gasteiger partial charge >= 0.3 is 5.97 Å². The number of piperazine rings is 1. The van der Waals surface area contributed by atoms with E-state index in [1.54, 1.807) is 17.0 Å². The number of fused-ring (bicyclic) bond motifs is 1. The van der Waals surface area contributed by atoms with E-state index < -0.39 is 0 Å². The van der Waals surface area contributed by atoms with Crippen molar-refractivity contribution in [3.8, 4) is 0 Å². The second-order valence-corrected chi connectivity index (χ2v) is 8.85. The number of methoxy groups -OCH3 is 1. The van der Waals surface area contributed by atoms with Gasteiger partial charge in [0.05, 0.1) is 18.9 Å². The van der Waals surface area contributed by atoms with Gasteiger partial charge in [-0.3, -0.25) is 19.3 Å². The number of hydrogen-bond acceptors (Lipinski definition) is 6. The molecule has 0 bridgehead atoms. The molecule has 2 amide bonds. The van der Waals surface area contributed by atoms with Gasteiger partial charge in [-0.15, -0.1) is 0 Å². The summed E-state index contributed by atoms with van der Waals surface area (Å²) >= 11 is 5.39. The molecule has 1 aromatic rings. The van der Waals surface area contributed by atoms with E-state index >= 15 is 0 Å². The zero-order valence-electron chi connectivity index (χ0n) is 18.0. The van der Waals surface area contributed by atoms with Crippen molar-refractivity contribution in [2.45, 2.75) is 25.3 Å². The standard InChI is InChI=1S/C22H27FN4O4S/c1-31-21(30)14-2-7-17-18(12-14)24-22(32)27(20(17)29)13-19(28)26-10-8-25(9-11-26)16-5-3-15(23)4-6-16/h3-6,14,17-18H,2,7-13H2,1H3,(H,24,32). The van der Waals surface area contributed by atoms with Crippen molar-refractivity contribution in [1.29, 1.82) is 0 Å². The van der Waals surface area contributed by atoms with Gasteiger partial charge in [0, 0.05) is 37.9 Å². The third-order valence-electron chi connectivity index (χ3n) is 6.64. The van der Waals surface area contributed by atoms with Crippen LogP contribution in [0.4, 0.5) is 10.1 Å². The SMILES string of the molecule is COC(=O)C1CCC2C(=O)N(CC(=O)N3CCN(c4ccc(F)cc4)CC3)C(=S)NC2C1. The molecule has 3 aliphatic rings. The number of carbonyl (C=O) groups excluding carboxylic acids is 3. The molecule has 0 radical (unpaired) electrons. The summed E-state index contributed by atoms with van der Waals surface area (Å²) in [4.78, 5) is 43.0. The first-order chi connectivity index (χ1) is 15.4. The van der Waals surface area contributed by atoms with Gasteiger partial charge in [0.1, 0.15) is 12.4 Å². The first-order valence-electron chi connectivity index (χ1n) is 10.9. The van der Waals surface area contributed by atoms with Gasteiger partial charge < -0.3 is 19.9 Å². The van der Waals surface area contributed by atoms with Crippen LogP contribution in [-0.4, -0.2) is 78.6 Å². The van der Waals surface area contributed by atoms with E-state index in [0.717, 1.165) is 5.69 Å². The van der Waals surface area contributed by atoms with Gasteiger partial charge in [-0.2, -0.15) is 0 Å². The maximum absolute atomic E-state index is 13.1. The highest BCUT2D eigenvalue weighted by Crippen LogP contribution is 2.33. The molecule has 3 fully saturated rings. The highest BCUT2D eigenvalue weighted by Gasteiger charge is 2.45. The second-order valence-electron chi connectivity index (χ2n) is 8.46. The number of nitrogens with zero attached hydrogens (tertiary/aromatic N) is 3. The van der Waals surface area contributed by atoms with Crippen LogP contribution in [0, 0.1) is 17.7 Å². The summed E-state index contributed by atoms with van der Waals surface area (Å²) in [5, 5.41) is 3.40. The zero-order chi connectivity index (χ0) is 22.8. The molecule has 0 aromatic heterocycles. The summed E-state index contributed by atoms with van der Waals surface area (Å²) in [7, 11) is 1.37. The van der Waals surface area contributed by atoms with E-state index in [1.807, 2.05) is 0 Å². The van der Waals surface area contributed by atoms with Gasteiger partial charge in [-0.1, -0.05) is 0 Å². The molecule has 2 aliphatic heterocycles. The normalized spacial score (nSPS) is 25.8. The van der Waals surface area contributed by atoms with E-state index in [4.69, 9.17) is 17.0 Å². The Balaban J connectivity index is 1.32. The summed E-state index contributed by atoms with van der Waals surface area (Å²) in [5.74, 6) is -1.38. The first kappa shape index (κ1) is 22.4. The number of anilines is 1. The average Bonchev–Trinajstić information content (AvgIpc) is 2.81. The minimum Gasteiger partial charge on any atom is -0.469 e. The lowest BCUT2D eigenvalue weighted by molar-refractivity contribution is -0.149. The van der Waals surface area contributed by atoms with Crippen LogP contribution < -0.4 is 10.2 Å². The highest BCUT2D eigenvalue weighted by molar-refractivity contribution is 7.80. The van der Waals surface area contributed by atoms with E-state index in [1.165, 1.54) is 24.1 Å². The Morgan fingerprint density at radius 2 is 1.84 bits per heavy atom. The van der Waals surface area contributed by atoms with Crippen molar-refractivity contribution in [1.82, 2.24) is 15.1 Å². The topological polar surface area (TPSA) is 82.2 Å². The van der Waals surface area contributed by atoms with Crippen molar-refractivity contribution in [3.63, 3.8) is 0 Å². The molecule has 1 saturated carbocycles. The summed E-state index contributed by atoms with van der Waals surface area (Å²) in [6.45, 7) is 2.21. The Kier molecular flexibility index (Phi) is 6.59. The molecule has 10 heteroatoms. The Morgan fingerprint density at radius 3 is 2.50 bits per heavy atom.